The predicted molar refractivity (Wildman–Crippen MR) is 154 cm³/mol. The van der Waals surface area contributed by atoms with Crippen molar-refractivity contribution in [2.24, 2.45) is 23.7 Å². The van der Waals surface area contributed by atoms with Gasteiger partial charge < -0.3 is 25.4 Å². The van der Waals surface area contributed by atoms with Gasteiger partial charge in [-0.05, 0) is 72.5 Å². The zero-order valence-electron chi connectivity index (χ0n) is 23.2. The van der Waals surface area contributed by atoms with Gasteiger partial charge in [0.2, 0.25) is 11.8 Å². The SMILES string of the molecule is CC/C(=C\c1cccc(O)c1)CC[C@@H](O)C1=C(C(C)C)C[C@H]2C(=O)N(c3cccc(B(O)O)c3)C(=O)[C@H]2[C@H]1CO. The third-order valence-corrected chi connectivity index (χ3v) is 8.23. The number of rotatable bonds is 10. The standard InChI is InChI=1S/C31H38BNO7/c1-4-19(13-20-7-5-10-23(35)14-20)11-12-27(36)28-24(18(2)3)16-25-29(26(28)17-34)31(38)33(30(25)37)22-9-6-8-21(15-22)32(39)40/h5-10,13-15,18,25-27,29,34-36,39-40H,4,11-12,16-17H2,1-3H3/b19-13+/t25-,26+,27-,29-/m1/s1. The van der Waals surface area contributed by atoms with Gasteiger partial charge in [-0.1, -0.05) is 62.3 Å². The molecule has 0 saturated carbocycles. The van der Waals surface area contributed by atoms with Gasteiger partial charge in [0.1, 0.15) is 5.75 Å². The summed E-state index contributed by atoms with van der Waals surface area (Å²) in [6.45, 7) is 5.62. The summed E-state index contributed by atoms with van der Waals surface area (Å²) in [5, 5.41) is 51.0. The van der Waals surface area contributed by atoms with Crippen LogP contribution in [0.2, 0.25) is 0 Å². The number of phenols is 1. The molecule has 2 aromatic rings. The van der Waals surface area contributed by atoms with E-state index in [-0.39, 0.29) is 35.3 Å². The Morgan fingerprint density at radius 2 is 1.82 bits per heavy atom. The van der Waals surface area contributed by atoms with E-state index < -0.39 is 36.9 Å². The number of aromatic hydroxyl groups is 1. The fraction of sp³-hybridized carbons (Fsp3) is 0.419. The number of aliphatic hydroxyl groups excluding tert-OH is 2. The third-order valence-electron chi connectivity index (χ3n) is 8.23. The summed E-state index contributed by atoms with van der Waals surface area (Å²) >= 11 is 0. The van der Waals surface area contributed by atoms with Crippen LogP contribution < -0.4 is 10.4 Å². The first-order valence-corrected chi connectivity index (χ1v) is 13.9. The summed E-state index contributed by atoms with van der Waals surface area (Å²) in [5.41, 5.74) is 3.92. The van der Waals surface area contributed by atoms with Gasteiger partial charge in [-0.15, -0.1) is 0 Å². The molecule has 1 aliphatic heterocycles. The van der Waals surface area contributed by atoms with Crippen LogP contribution in [0.15, 0.2) is 65.3 Å². The number of amides is 2. The number of aliphatic hydroxyl groups is 2. The fourth-order valence-corrected chi connectivity index (χ4v) is 6.20. The van der Waals surface area contributed by atoms with E-state index in [1.54, 1.807) is 30.3 Å². The fourth-order valence-electron chi connectivity index (χ4n) is 6.20. The molecule has 0 bridgehead atoms. The van der Waals surface area contributed by atoms with Crippen molar-refractivity contribution in [1.29, 1.82) is 0 Å². The highest BCUT2D eigenvalue weighted by Gasteiger charge is 2.55. The monoisotopic (exact) mass is 547 g/mol. The number of phenolic OH excluding ortho intramolecular Hbond substituents is 1. The van der Waals surface area contributed by atoms with Gasteiger partial charge in [0.05, 0.1) is 30.2 Å². The van der Waals surface area contributed by atoms with Gasteiger partial charge >= 0.3 is 7.12 Å². The number of nitrogens with zero attached hydrogens (tertiary/aromatic N) is 1. The maximum Gasteiger partial charge on any atom is 0.488 e. The van der Waals surface area contributed by atoms with Crippen LogP contribution in [0.25, 0.3) is 6.08 Å². The zero-order chi connectivity index (χ0) is 29.1. The van der Waals surface area contributed by atoms with Crippen LogP contribution in [-0.4, -0.2) is 57.0 Å². The summed E-state index contributed by atoms with van der Waals surface area (Å²) in [7, 11) is -1.74. The van der Waals surface area contributed by atoms with Crippen molar-refractivity contribution in [2.75, 3.05) is 11.5 Å². The van der Waals surface area contributed by atoms with E-state index in [9.17, 15) is 35.0 Å². The van der Waals surface area contributed by atoms with Gasteiger partial charge in [-0.25, -0.2) is 0 Å². The molecule has 0 unspecified atom stereocenters. The normalized spacial score (nSPS) is 22.2. The lowest BCUT2D eigenvalue weighted by Gasteiger charge is -2.38. The molecule has 40 heavy (non-hydrogen) atoms. The summed E-state index contributed by atoms with van der Waals surface area (Å²) in [5.74, 6) is -2.85. The van der Waals surface area contributed by atoms with E-state index in [2.05, 4.69) is 0 Å². The molecule has 0 aromatic heterocycles. The van der Waals surface area contributed by atoms with Gasteiger partial charge in [0, 0.05) is 5.92 Å². The van der Waals surface area contributed by atoms with E-state index in [0.29, 0.717) is 24.8 Å². The van der Waals surface area contributed by atoms with E-state index in [1.807, 2.05) is 32.9 Å². The molecule has 2 aromatic carbocycles. The molecule has 4 rings (SSSR count). The van der Waals surface area contributed by atoms with Crippen LogP contribution in [0, 0.1) is 23.7 Å². The number of anilines is 1. The largest absolute Gasteiger partial charge is 0.508 e. The average Bonchev–Trinajstić information content (AvgIpc) is 3.18. The molecule has 1 aliphatic carbocycles. The predicted octanol–water partition coefficient (Wildman–Crippen LogP) is 2.78. The minimum atomic E-state index is -1.74. The van der Waals surface area contributed by atoms with Crippen molar-refractivity contribution in [3.63, 3.8) is 0 Å². The molecular formula is C31H38BNO7. The molecule has 8 nitrogen and oxygen atoms in total. The maximum atomic E-state index is 13.7. The molecule has 9 heteroatoms. The number of carbonyl (C=O) groups excluding carboxylic acids is 2. The van der Waals surface area contributed by atoms with Gasteiger partial charge in [-0.2, -0.15) is 0 Å². The number of hydrogen-bond acceptors (Lipinski definition) is 7. The Kier molecular flexibility index (Phi) is 9.31. The average molecular weight is 547 g/mol. The van der Waals surface area contributed by atoms with E-state index >= 15 is 0 Å². The smallest absolute Gasteiger partial charge is 0.488 e. The van der Waals surface area contributed by atoms with E-state index in [1.165, 1.54) is 12.1 Å². The Balaban J connectivity index is 1.62. The Bertz CT molecular complexity index is 1320. The Morgan fingerprint density at radius 1 is 1.10 bits per heavy atom. The number of carbonyl (C=O) groups is 2. The van der Waals surface area contributed by atoms with Crippen molar-refractivity contribution < 1.29 is 35.0 Å². The van der Waals surface area contributed by atoms with Crippen molar-refractivity contribution in [1.82, 2.24) is 0 Å². The molecule has 5 N–H and O–H groups in total. The molecule has 1 heterocycles. The number of benzene rings is 2. The first kappa shape index (κ1) is 29.7. The van der Waals surface area contributed by atoms with Crippen LogP contribution in [0.1, 0.15) is 52.0 Å². The van der Waals surface area contributed by atoms with Crippen LogP contribution in [-0.2, 0) is 9.59 Å². The molecule has 1 fully saturated rings. The van der Waals surface area contributed by atoms with Crippen LogP contribution in [0.5, 0.6) is 5.75 Å². The minimum Gasteiger partial charge on any atom is -0.508 e. The lowest BCUT2D eigenvalue weighted by atomic mass is 9.66. The molecule has 2 amide bonds. The number of fused-ring (bicyclic) bond motifs is 1. The molecule has 0 radical (unpaired) electrons. The maximum absolute atomic E-state index is 13.7. The van der Waals surface area contributed by atoms with Crippen LogP contribution in [0.4, 0.5) is 5.69 Å². The third kappa shape index (κ3) is 5.93. The second-order valence-electron chi connectivity index (χ2n) is 11.0. The Labute approximate surface area is 235 Å². The number of allylic oxidation sites excluding steroid dienone is 2. The second kappa shape index (κ2) is 12.5. The van der Waals surface area contributed by atoms with Crippen molar-refractivity contribution in [3.8, 4) is 5.75 Å². The summed E-state index contributed by atoms with van der Waals surface area (Å²) in [6, 6.07) is 13.0. The highest BCUT2D eigenvalue weighted by Crippen LogP contribution is 2.48. The quantitative estimate of drug-likeness (QED) is 0.175. The Hall–Kier alpha value is -3.24. The lowest BCUT2D eigenvalue weighted by molar-refractivity contribution is -0.123. The first-order chi connectivity index (χ1) is 19.1. The second-order valence-corrected chi connectivity index (χ2v) is 11.0. The van der Waals surface area contributed by atoms with E-state index in [0.717, 1.165) is 28.0 Å². The topological polar surface area (TPSA) is 139 Å². The first-order valence-electron chi connectivity index (χ1n) is 13.9. The van der Waals surface area contributed by atoms with Crippen LogP contribution in [0.3, 0.4) is 0 Å². The van der Waals surface area contributed by atoms with Gasteiger partial charge in [0.15, 0.2) is 0 Å². The molecule has 2 aliphatic rings. The van der Waals surface area contributed by atoms with Crippen LogP contribution >= 0.6 is 0 Å². The lowest BCUT2D eigenvalue weighted by Crippen LogP contribution is -2.40. The van der Waals surface area contributed by atoms with Crippen molar-refractivity contribution in [3.05, 3.63) is 70.8 Å². The molecule has 0 spiro atoms. The zero-order valence-corrected chi connectivity index (χ0v) is 23.2. The van der Waals surface area contributed by atoms with Gasteiger partial charge in [-0.3, -0.25) is 14.5 Å². The molecule has 212 valence electrons. The minimum absolute atomic E-state index is 0.00190. The van der Waals surface area contributed by atoms with E-state index in [4.69, 9.17) is 0 Å². The molecular weight excluding hydrogens is 509 g/mol. The number of imide groups is 1. The highest BCUT2D eigenvalue weighted by molar-refractivity contribution is 6.58. The summed E-state index contributed by atoms with van der Waals surface area (Å²) in [4.78, 5) is 28.4. The molecule has 1 saturated heterocycles. The summed E-state index contributed by atoms with van der Waals surface area (Å²) in [6.07, 6.45) is 3.15. The molecule has 4 atom stereocenters. The summed E-state index contributed by atoms with van der Waals surface area (Å²) < 4.78 is 0. The van der Waals surface area contributed by atoms with Crippen molar-refractivity contribution >= 4 is 36.2 Å². The van der Waals surface area contributed by atoms with Crippen molar-refractivity contribution in [2.45, 2.75) is 52.6 Å². The number of hydrogen-bond donors (Lipinski definition) is 5. The van der Waals surface area contributed by atoms with Gasteiger partial charge in [0.25, 0.3) is 0 Å². The Morgan fingerprint density at radius 3 is 2.45 bits per heavy atom. The highest BCUT2D eigenvalue weighted by atomic mass is 16.4.